The van der Waals surface area contributed by atoms with E-state index < -0.39 is 6.04 Å². The first kappa shape index (κ1) is 23.1. The number of anilines is 1. The van der Waals surface area contributed by atoms with Crippen LogP contribution in [0.2, 0.25) is 0 Å². The number of thiazole rings is 1. The maximum atomic E-state index is 13.7. The molecular weight excluding hydrogens is 464 g/mol. The van der Waals surface area contributed by atoms with E-state index in [1.165, 1.54) is 11.3 Å². The van der Waals surface area contributed by atoms with Crippen LogP contribution in [0, 0.1) is 13.8 Å². The first-order chi connectivity index (χ1) is 16.9. The quantitative estimate of drug-likeness (QED) is 0.325. The Bertz CT molecular complexity index is 1470. The molecule has 8 heteroatoms. The van der Waals surface area contributed by atoms with Crippen LogP contribution in [0.4, 0.5) is 5.13 Å². The Labute approximate surface area is 206 Å². The van der Waals surface area contributed by atoms with Crippen molar-refractivity contribution in [2.75, 3.05) is 18.1 Å². The molecule has 2 aromatic heterocycles. The van der Waals surface area contributed by atoms with Crippen molar-refractivity contribution < 1.29 is 18.7 Å². The average molecular weight is 491 g/mol. The Morgan fingerprint density at radius 1 is 1.06 bits per heavy atom. The third-order valence-corrected chi connectivity index (χ3v) is 7.12. The van der Waals surface area contributed by atoms with Gasteiger partial charge in [0.15, 0.2) is 22.1 Å². The van der Waals surface area contributed by atoms with Crippen LogP contribution in [0.3, 0.4) is 0 Å². The largest absolute Gasteiger partial charge is 0.490 e. The third kappa shape index (κ3) is 3.87. The first-order valence-corrected chi connectivity index (χ1v) is 12.5. The summed E-state index contributed by atoms with van der Waals surface area (Å²) in [7, 11) is 0. The number of amides is 1. The fourth-order valence-corrected chi connectivity index (χ4v) is 5.22. The summed E-state index contributed by atoms with van der Waals surface area (Å²) in [6.45, 7) is 8.82. The molecule has 0 N–H and O–H groups in total. The SMILES string of the molecule is CCCOc1ccc(C2c3c(oc4ccccc4c3=O)C(=O)N2c2nc(C)c(C)s2)cc1OCC. The Hall–Kier alpha value is -3.65. The molecule has 7 nitrogen and oxygen atoms in total. The molecule has 1 atom stereocenters. The number of carbonyl (C=O) groups is 1. The predicted octanol–water partition coefficient (Wildman–Crippen LogP) is 5.80. The van der Waals surface area contributed by atoms with E-state index in [1.54, 1.807) is 29.2 Å². The van der Waals surface area contributed by atoms with E-state index in [4.69, 9.17) is 13.9 Å². The highest BCUT2D eigenvalue weighted by Gasteiger charge is 2.45. The molecule has 0 aliphatic carbocycles. The summed E-state index contributed by atoms with van der Waals surface area (Å²) in [4.78, 5) is 34.6. The van der Waals surface area contributed by atoms with Gasteiger partial charge >= 0.3 is 0 Å². The topological polar surface area (TPSA) is 81.9 Å². The van der Waals surface area contributed by atoms with Crippen molar-refractivity contribution in [3.63, 3.8) is 0 Å². The minimum absolute atomic E-state index is 0.0495. The number of aryl methyl sites for hydroxylation is 2. The highest BCUT2D eigenvalue weighted by molar-refractivity contribution is 7.15. The standard InChI is InChI=1S/C27H26N2O5S/c1-5-13-33-20-12-11-17(14-21(20)32-6-2)23-22-24(30)18-9-7-8-10-19(18)34-25(22)26(31)29(23)27-28-15(3)16(4)35-27/h7-12,14,23H,5-6,13H2,1-4H3. The van der Waals surface area contributed by atoms with Gasteiger partial charge in [-0.2, -0.15) is 0 Å². The zero-order valence-electron chi connectivity index (χ0n) is 20.1. The number of carbonyl (C=O) groups excluding carboxylic acids is 1. The summed E-state index contributed by atoms with van der Waals surface area (Å²) in [6, 6.07) is 11.8. The molecule has 0 radical (unpaired) electrons. The predicted molar refractivity (Wildman–Crippen MR) is 136 cm³/mol. The summed E-state index contributed by atoms with van der Waals surface area (Å²) < 4.78 is 17.8. The summed E-state index contributed by atoms with van der Waals surface area (Å²) in [5.74, 6) is 0.857. The normalized spacial score (nSPS) is 15.0. The van der Waals surface area contributed by atoms with Crippen LogP contribution >= 0.6 is 11.3 Å². The maximum Gasteiger partial charge on any atom is 0.297 e. The lowest BCUT2D eigenvalue weighted by Gasteiger charge is -2.23. The molecule has 4 aromatic rings. The molecule has 180 valence electrons. The summed E-state index contributed by atoms with van der Waals surface area (Å²) in [6.07, 6.45) is 0.864. The van der Waals surface area contributed by atoms with Gasteiger partial charge in [-0.15, -0.1) is 11.3 Å². The van der Waals surface area contributed by atoms with Crippen molar-refractivity contribution in [1.29, 1.82) is 0 Å². The van der Waals surface area contributed by atoms with Gasteiger partial charge in [-0.05, 0) is 57.0 Å². The number of benzene rings is 2. The van der Waals surface area contributed by atoms with Crippen LogP contribution < -0.4 is 19.8 Å². The van der Waals surface area contributed by atoms with Crippen molar-refractivity contribution in [1.82, 2.24) is 4.98 Å². The van der Waals surface area contributed by atoms with Crippen LogP contribution in [-0.4, -0.2) is 24.1 Å². The van der Waals surface area contributed by atoms with Gasteiger partial charge in [-0.3, -0.25) is 14.5 Å². The molecule has 0 spiro atoms. The number of para-hydroxylation sites is 1. The van der Waals surface area contributed by atoms with E-state index in [9.17, 15) is 9.59 Å². The molecule has 2 aromatic carbocycles. The van der Waals surface area contributed by atoms with Crippen LogP contribution in [-0.2, 0) is 0 Å². The van der Waals surface area contributed by atoms with Gasteiger partial charge in [-0.1, -0.05) is 25.1 Å². The highest BCUT2D eigenvalue weighted by Crippen LogP contribution is 2.44. The van der Waals surface area contributed by atoms with E-state index in [0.717, 1.165) is 22.6 Å². The molecule has 1 unspecified atom stereocenters. The molecule has 0 fully saturated rings. The second-order valence-corrected chi connectivity index (χ2v) is 9.56. The van der Waals surface area contributed by atoms with Crippen LogP contribution in [0.25, 0.3) is 11.0 Å². The maximum absolute atomic E-state index is 13.7. The number of rotatable bonds is 7. The van der Waals surface area contributed by atoms with Crippen molar-refractivity contribution in [3.8, 4) is 11.5 Å². The molecule has 0 bridgehead atoms. The van der Waals surface area contributed by atoms with Crippen LogP contribution in [0.5, 0.6) is 11.5 Å². The average Bonchev–Trinajstić information content (AvgIpc) is 3.34. The van der Waals surface area contributed by atoms with Gasteiger partial charge in [0, 0.05) is 4.88 Å². The second-order valence-electron chi connectivity index (χ2n) is 8.37. The summed E-state index contributed by atoms with van der Waals surface area (Å²) in [5, 5.41) is 0.958. The van der Waals surface area contributed by atoms with Gasteiger partial charge in [0.1, 0.15) is 5.58 Å². The van der Waals surface area contributed by atoms with Gasteiger partial charge in [-0.25, -0.2) is 4.98 Å². The molecule has 1 amide bonds. The van der Waals surface area contributed by atoms with E-state index in [2.05, 4.69) is 4.98 Å². The number of fused-ring (bicyclic) bond motifs is 2. The lowest BCUT2D eigenvalue weighted by molar-refractivity contribution is 0.0971. The van der Waals surface area contributed by atoms with Crippen molar-refractivity contribution in [2.45, 2.75) is 40.2 Å². The van der Waals surface area contributed by atoms with E-state index in [1.807, 2.05) is 45.9 Å². The molecule has 35 heavy (non-hydrogen) atoms. The zero-order chi connectivity index (χ0) is 24.7. The molecule has 1 aliphatic heterocycles. The zero-order valence-corrected chi connectivity index (χ0v) is 20.9. The van der Waals surface area contributed by atoms with Crippen molar-refractivity contribution in [2.24, 2.45) is 0 Å². The fraction of sp³-hybridized carbons (Fsp3) is 0.296. The Morgan fingerprint density at radius 2 is 1.86 bits per heavy atom. The second kappa shape index (κ2) is 9.19. The number of hydrogen-bond donors (Lipinski definition) is 0. The molecule has 0 saturated carbocycles. The molecule has 5 rings (SSSR count). The Balaban J connectivity index is 1.74. The smallest absolute Gasteiger partial charge is 0.297 e. The Kier molecular flexibility index (Phi) is 6.06. The van der Waals surface area contributed by atoms with Crippen molar-refractivity contribution in [3.05, 3.63) is 80.1 Å². The molecular formula is C27H26N2O5S. The number of aromatic nitrogens is 1. The van der Waals surface area contributed by atoms with Gasteiger partial charge in [0.2, 0.25) is 5.76 Å². The van der Waals surface area contributed by atoms with Gasteiger partial charge in [0.05, 0.1) is 35.9 Å². The van der Waals surface area contributed by atoms with E-state index in [0.29, 0.717) is 46.4 Å². The number of ether oxygens (including phenoxy) is 2. The highest BCUT2D eigenvalue weighted by atomic mass is 32.1. The lowest BCUT2D eigenvalue weighted by atomic mass is 9.98. The monoisotopic (exact) mass is 490 g/mol. The van der Waals surface area contributed by atoms with Gasteiger partial charge in [0.25, 0.3) is 5.91 Å². The van der Waals surface area contributed by atoms with E-state index in [-0.39, 0.29) is 17.1 Å². The minimum Gasteiger partial charge on any atom is -0.490 e. The molecule has 3 heterocycles. The van der Waals surface area contributed by atoms with Crippen LogP contribution in [0.1, 0.15) is 58.6 Å². The first-order valence-electron chi connectivity index (χ1n) is 11.7. The van der Waals surface area contributed by atoms with Crippen LogP contribution in [0.15, 0.2) is 51.7 Å². The number of hydrogen-bond acceptors (Lipinski definition) is 7. The van der Waals surface area contributed by atoms with E-state index >= 15 is 0 Å². The minimum atomic E-state index is -0.706. The fourth-order valence-electron chi connectivity index (χ4n) is 4.29. The Morgan fingerprint density at radius 3 is 2.57 bits per heavy atom. The third-order valence-electron chi connectivity index (χ3n) is 6.05. The lowest BCUT2D eigenvalue weighted by Crippen LogP contribution is -2.29. The van der Waals surface area contributed by atoms with Gasteiger partial charge < -0.3 is 13.9 Å². The van der Waals surface area contributed by atoms with Crippen molar-refractivity contribution >= 4 is 33.3 Å². The number of nitrogens with zero attached hydrogens (tertiary/aromatic N) is 2. The molecule has 1 aliphatic rings. The molecule has 0 saturated heterocycles. The summed E-state index contributed by atoms with van der Waals surface area (Å²) >= 11 is 1.42. The summed E-state index contributed by atoms with van der Waals surface area (Å²) in [5.41, 5.74) is 2.03.